The first-order valence-corrected chi connectivity index (χ1v) is 16.3. The first-order chi connectivity index (χ1) is 19.4. The van der Waals surface area contributed by atoms with Crippen LogP contribution >= 0.6 is 11.9 Å². The van der Waals surface area contributed by atoms with Crippen LogP contribution in [-0.4, -0.2) is 16.9 Å². The lowest BCUT2D eigenvalue weighted by Crippen LogP contribution is -2.31. The van der Waals surface area contributed by atoms with Crippen molar-refractivity contribution in [3.05, 3.63) is 69.0 Å². The quantitative estimate of drug-likeness (QED) is 0.219. The second kappa shape index (κ2) is 20.0. The first-order valence-electron chi connectivity index (χ1n) is 15.5. The maximum atomic E-state index is 13.9. The van der Waals surface area contributed by atoms with Crippen molar-refractivity contribution >= 4 is 11.9 Å². The van der Waals surface area contributed by atoms with E-state index >= 15 is 0 Å². The van der Waals surface area contributed by atoms with Gasteiger partial charge in [0.25, 0.3) is 0 Å². The molecule has 0 amide bonds. The number of rotatable bonds is 9. The van der Waals surface area contributed by atoms with Crippen molar-refractivity contribution in [1.82, 2.24) is 4.31 Å². The molecule has 42 heavy (non-hydrogen) atoms. The summed E-state index contributed by atoms with van der Waals surface area (Å²) in [6.07, 6.45) is 16.2. The number of hydrogen-bond donors (Lipinski definition) is 2. The molecule has 1 aliphatic carbocycles. The number of aryl methyl sites for hydroxylation is 1. The Bertz CT molecular complexity index is 1080. The lowest BCUT2D eigenvalue weighted by Gasteiger charge is -2.39. The smallest absolute Gasteiger partial charge is 0.101 e. The highest BCUT2D eigenvalue weighted by Crippen LogP contribution is 2.46. The van der Waals surface area contributed by atoms with E-state index in [1.807, 2.05) is 19.9 Å². The minimum absolute atomic E-state index is 0. The predicted molar refractivity (Wildman–Crippen MR) is 188 cm³/mol. The number of nitrogens with two attached hydrogens (primary N) is 2. The van der Waals surface area contributed by atoms with E-state index in [2.05, 4.69) is 76.9 Å². The van der Waals surface area contributed by atoms with Crippen molar-refractivity contribution in [3.8, 4) is 12.3 Å². The molecule has 0 bridgehead atoms. The Hall–Kier alpha value is -2.00. The number of terminal acetylenes is 1. The van der Waals surface area contributed by atoms with Gasteiger partial charge in [0, 0.05) is 36.0 Å². The summed E-state index contributed by atoms with van der Waals surface area (Å²) >= 11 is 1.72. The molecule has 3 atom stereocenters. The maximum absolute atomic E-state index is 13.9. The number of allylic oxidation sites excluding steroid dienone is 4. The van der Waals surface area contributed by atoms with E-state index in [0.717, 1.165) is 49.4 Å². The summed E-state index contributed by atoms with van der Waals surface area (Å²) in [4.78, 5) is 1.11. The van der Waals surface area contributed by atoms with Crippen molar-refractivity contribution in [1.29, 1.82) is 0 Å². The third kappa shape index (κ3) is 12.3. The molecular weight excluding hydrogens is 537 g/mol. The Kier molecular flexibility index (Phi) is 19.1. The lowest BCUT2D eigenvalue weighted by molar-refractivity contribution is 0.224. The van der Waals surface area contributed by atoms with Gasteiger partial charge in [0.2, 0.25) is 0 Å². The molecule has 1 heterocycles. The van der Waals surface area contributed by atoms with Crippen molar-refractivity contribution < 1.29 is 4.39 Å². The van der Waals surface area contributed by atoms with Crippen molar-refractivity contribution in [3.63, 3.8) is 0 Å². The largest absolute Gasteiger partial charge is 0.402 e. The van der Waals surface area contributed by atoms with Gasteiger partial charge in [-0.15, -0.1) is 12.3 Å². The molecule has 1 aliphatic heterocycles. The van der Waals surface area contributed by atoms with E-state index in [1.165, 1.54) is 35.1 Å². The fourth-order valence-electron chi connectivity index (χ4n) is 5.62. The van der Waals surface area contributed by atoms with Crippen LogP contribution in [0.4, 0.5) is 4.39 Å². The van der Waals surface area contributed by atoms with Crippen molar-refractivity contribution in [2.75, 3.05) is 6.54 Å². The van der Waals surface area contributed by atoms with E-state index in [4.69, 9.17) is 17.9 Å². The number of benzene rings is 1. The van der Waals surface area contributed by atoms with E-state index in [9.17, 15) is 4.39 Å². The number of unbranched alkanes of at least 4 members (excludes halogenated alkanes) is 1. The Morgan fingerprint density at radius 2 is 1.86 bits per heavy atom. The molecule has 4 N–H and O–H groups in total. The van der Waals surface area contributed by atoms with Gasteiger partial charge in [-0.25, -0.2) is 8.70 Å². The first kappa shape index (κ1) is 40.0. The van der Waals surface area contributed by atoms with Crippen LogP contribution in [0, 0.1) is 30.6 Å². The molecule has 0 radical (unpaired) electrons. The zero-order valence-electron chi connectivity index (χ0n) is 27.4. The van der Waals surface area contributed by atoms with Crippen LogP contribution < -0.4 is 11.5 Å². The van der Waals surface area contributed by atoms with Crippen LogP contribution in [0.2, 0.25) is 0 Å². The van der Waals surface area contributed by atoms with Gasteiger partial charge in [0.15, 0.2) is 0 Å². The highest BCUT2D eigenvalue weighted by molar-refractivity contribution is 8.01. The number of hydrogen-bond acceptors (Lipinski definition) is 4. The fraction of sp³-hybridized carbons (Fsp3) is 0.622. The maximum Gasteiger partial charge on any atom is 0.101 e. The Morgan fingerprint density at radius 1 is 1.24 bits per heavy atom. The summed E-state index contributed by atoms with van der Waals surface area (Å²) in [5.41, 5.74) is 17.3. The zero-order chi connectivity index (χ0) is 31.2. The fourth-order valence-corrected chi connectivity index (χ4v) is 6.83. The molecule has 2 aliphatic rings. The van der Waals surface area contributed by atoms with Gasteiger partial charge >= 0.3 is 0 Å². The molecule has 3 rings (SSSR count). The molecule has 1 aromatic carbocycles. The molecule has 238 valence electrons. The topological polar surface area (TPSA) is 55.3 Å². The summed E-state index contributed by atoms with van der Waals surface area (Å²) in [5.74, 6) is 3.57. The van der Waals surface area contributed by atoms with Gasteiger partial charge in [-0.3, -0.25) is 0 Å². The molecule has 0 aromatic heterocycles. The SMILES string of the molecule is C.C#CCC(C)(C)C(c1ccc(C)c(CN2SC3=C(CCC(F)=C3)CC2C)c1)C(C)C/C(N)=C/C.CCCC.CCN. The minimum Gasteiger partial charge on any atom is -0.402 e. The van der Waals surface area contributed by atoms with Crippen LogP contribution in [0.15, 0.2) is 52.4 Å². The van der Waals surface area contributed by atoms with Crippen LogP contribution in [0.25, 0.3) is 0 Å². The third-order valence-corrected chi connectivity index (χ3v) is 9.33. The van der Waals surface area contributed by atoms with Gasteiger partial charge in [0.1, 0.15) is 5.83 Å². The van der Waals surface area contributed by atoms with E-state index in [0.29, 0.717) is 18.4 Å². The summed E-state index contributed by atoms with van der Waals surface area (Å²) in [6.45, 7) is 21.2. The predicted octanol–water partition coefficient (Wildman–Crippen LogP) is 10.6. The van der Waals surface area contributed by atoms with E-state index in [-0.39, 0.29) is 24.6 Å². The third-order valence-electron chi connectivity index (χ3n) is 8.01. The van der Waals surface area contributed by atoms with Crippen LogP contribution in [0.1, 0.15) is 130 Å². The molecule has 0 fully saturated rings. The van der Waals surface area contributed by atoms with E-state index in [1.54, 1.807) is 18.0 Å². The average molecular weight is 600 g/mol. The van der Waals surface area contributed by atoms with Gasteiger partial charge in [-0.05, 0) is 98.5 Å². The highest BCUT2D eigenvalue weighted by atomic mass is 32.2. The normalized spacial score (nSPS) is 18.6. The number of nitrogens with zero attached hydrogens (tertiary/aromatic N) is 1. The zero-order valence-corrected chi connectivity index (χ0v) is 28.3. The molecule has 5 heteroatoms. The molecule has 3 unspecified atom stereocenters. The average Bonchev–Trinajstić information content (AvgIpc) is 2.91. The Morgan fingerprint density at radius 3 is 2.40 bits per heavy atom. The van der Waals surface area contributed by atoms with Crippen LogP contribution in [0.5, 0.6) is 0 Å². The summed E-state index contributed by atoms with van der Waals surface area (Å²) in [7, 11) is 0. The van der Waals surface area contributed by atoms with Crippen molar-refractivity contribution in [2.24, 2.45) is 22.8 Å². The summed E-state index contributed by atoms with van der Waals surface area (Å²) in [5, 5.41) is 0. The van der Waals surface area contributed by atoms with Gasteiger partial charge in [-0.2, -0.15) is 0 Å². The number of halogens is 1. The summed E-state index contributed by atoms with van der Waals surface area (Å²) < 4.78 is 16.4. The van der Waals surface area contributed by atoms with Crippen LogP contribution in [0.3, 0.4) is 0 Å². The molecular formula is C37H62FN3S. The lowest BCUT2D eigenvalue weighted by atomic mass is 9.66. The standard InChI is InChI=1S/C30H41FN2S.C4H10.C2H7N.CH4/c1-8-14-30(6,7)29(21(4)15-27(32)9-2)24-11-10-20(3)25(17-24)19-33-22(5)16-23-12-13-26(31)18-28(23)34-33;1-3-4-2;1-2-3;/h1,9-11,17-18,21-22,29H,12-16,19,32H2,2-7H3;3-4H2,1-2H3;2-3H2,1H3;1H4/b27-9-;;;. The molecule has 0 saturated carbocycles. The molecule has 1 aromatic rings. The minimum atomic E-state index is -0.0496. The molecule has 3 nitrogen and oxygen atoms in total. The Labute approximate surface area is 264 Å². The second-order valence-electron chi connectivity index (χ2n) is 12.3. The van der Waals surface area contributed by atoms with E-state index < -0.39 is 0 Å². The highest BCUT2D eigenvalue weighted by Gasteiger charge is 2.35. The van der Waals surface area contributed by atoms with Gasteiger partial charge < -0.3 is 11.5 Å². The van der Waals surface area contributed by atoms with Gasteiger partial charge in [-0.1, -0.05) is 91.7 Å². The van der Waals surface area contributed by atoms with Gasteiger partial charge in [0.05, 0.1) is 0 Å². The molecule has 0 saturated heterocycles. The second-order valence-corrected chi connectivity index (χ2v) is 13.4. The Balaban J connectivity index is 0.00000190. The molecule has 0 spiro atoms. The van der Waals surface area contributed by atoms with Crippen molar-refractivity contribution in [2.45, 2.75) is 133 Å². The summed E-state index contributed by atoms with van der Waals surface area (Å²) in [6, 6.07) is 7.33. The monoisotopic (exact) mass is 599 g/mol. The van der Waals surface area contributed by atoms with Crippen LogP contribution in [-0.2, 0) is 6.54 Å².